The third-order valence-corrected chi connectivity index (χ3v) is 3.75. The Bertz CT molecular complexity index is 795. The van der Waals surface area contributed by atoms with Gasteiger partial charge in [0.05, 0.1) is 6.61 Å². The zero-order valence-corrected chi connectivity index (χ0v) is 12.3. The number of hydrogen-bond acceptors (Lipinski definition) is 2. The van der Waals surface area contributed by atoms with Crippen molar-refractivity contribution >= 4 is 38.6 Å². The van der Waals surface area contributed by atoms with Gasteiger partial charge in [0.2, 0.25) is 0 Å². The first-order valence-corrected chi connectivity index (χ1v) is 7.34. The molecule has 0 heterocycles. The minimum atomic E-state index is -0.737. The largest absolute Gasteiger partial charge is 0.454 e. The summed E-state index contributed by atoms with van der Waals surface area (Å²) in [5.74, 6) is 0. The lowest BCUT2D eigenvalue weighted by Crippen LogP contribution is -1.98. The van der Waals surface area contributed by atoms with Crippen LogP contribution in [0.1, 0.15) is 12.0 Å². The first kappa shape index (κ1) is 13.9. The molecule has 0 saturated carbocycles. The lowest BCUT2D eigenvalue weighted by Gasteiger charge is -2.08. The summed E-state index contributed by atoms with van der Waals surface area (Å²) < 4.78 is 4.77. The number of carbonyl (C=O) groups is 1. The third-order valence-electron chi connectivity index (χ3n) is 3.64. The average Bonchev–Trinajstić information content (AvgIpc) is 2.49. The summed E-state index contributed by atoms with van der Waals surface area (Å²) >= 11 is 5.16. The highest BCUT2D eigenvalue weighted by molar-refractivity contribution is 6.61. The number of benzene rings is 3. The first-order valence-electron chi connectivity index (χ1n) is 6.97. The van der Waals surface area contributed by atoms with Gasteiger partial charge in [-0.15, -0.1) is 0 Å². The molecule has 3 aromatic carbocycles. The van der Waals surface area contributed by atoms with Crippen molar-refractivity contribution in [3.05, 3.63) is 60.2 Å². The Hall–Kier alpha value is -2.06. The number of hydrogen-bond donors (Lipinski definition) is 0. The molecule has 0 N–H and O–H groups in total. The van der Waals surface area contributed by atoms with E-state index in [9.17, 15) is 4.79 Å². The number of aryl methyl sites for hydroxylation is 1. The van der Waals surface area contributed by atoms with Gasteiger partial charge in [-0.2, -0.15) is 0 Å². The van der Waals surface area contributed by atoms with Crippen LogP contribution >= 0.6 is 11.6 Å². The molecule has 0 fully saturated rings. The van der Waals surface area contributed by atoms with Crippen LogP contribution in [0.2, 0.25) is 0 Å². The molecule has 2 nitrogen and oxygen atoms in total. The smallest absolute Gasteiger partial charge is 0.403 e. The second-order valence-electron chi connectivity index (χ2n) is 5.03. The van der Waals surface area contributed by atoms with E-state index in [0.29, 0.717) is 6.61 Å². The highest BCUT2D eigenvalue weighted by atomic mass is 35.5. The molecule has 21 heavy (non-hydrogen) atoms. The van der Waals surface area contributed by atoms with Crippen LogP contribution < -0.4 is 0 Å². The lowest BCUT2D eigenvalue weighted by atomic mass is 9.97. The predicted molar refractivity (Wildman–Crippen MR) is 87.0 cm³/mol. The quantitative estimate of drug-likeness (QED) is 0.371. The molecular formula is C18H15ClO2. The molecule has 0 spiro atoms. The maximum absolute atomic E-state index is 10.6. The van der Waals surface area contributed by atoms with Crippen LogP contribution in [0.15, 0.2) is 54.6 Å². The van der Waals surface area contributed by atoms with Crippen molar-refractivity contribution in [2.24, 2.45) is 0 Å². The van der Waals surface area contributed by atoms with Crippen molar-refractivity contribution in [3.63, 3.8) is 0 Å². The summed E-state index contributed by atoms with van der Waals surface area (Å²) in [6, 6.07) is 19.1. The molecule has 0 aliphatic rings. The van der Waals surface area contributed by atoms with Gasteiger partial charge in [0.1, 0.15) is 0 Å². The van der Waals surface area contributed by atoms with Crippen molar-refractivity contribution in [1.82, 2.24) is 0 Å². The van der Waals surface area contributed by atoms with Crippen LogP contribution in [-0.4, -0.2) is 12.0 Å². The number of ether oxygens (including phenoxy) is 1. The topological polar surface area (TPSA) is 26.3 Å². The molecule has 3 rings (SSSR count). The minimum absolute atomic E-state index is 0.353. The lowest BCUT2D eigenvalue weighted by molar-refractivity contribution is 0.172. The molecule has 0 atom stereocenters. The fourth-order valence-electron chi connectivity index (χ4n) is 2.66. The summed E-state index contributed by atoms with van der Waals surface area (Å²) in [6.45, 7) is 0.353. The van der Waals surface area contributed by atoms with E-state index in [0.717, 1.165) is 12.8 Å². The van der Waals surface area contributed by atoms with Crippen LogP contribution in [0, 0.1) is 0 Å². The van der Waals surface area contributed by atoms with Crippen LogP contribution in [0.4, 0.5) is 4.79 Å². The van der Waals surface area contributed by atoms with Crippen molar-refractivity contribution < 1.29 is 9.53 Å². The fourth-order valence-corrected chi connectivity index (χ4v) is 2.74. The molecule has 0 unspecified atom stereocenters. The Morgan fingerprint density at radius 1 is 0.952 bits per heavy atom. The number of halogens is 1. The maximum Gasteiger partial charge on any atom is 0.403 e. The normalized spacial score (nSPS) is 10.9. The van der Waals surface area contributed by atoms with E-state index in [1.807, 2.05) is 0 Å². The molecule has 0 radical (unpaired) electrons. The van der Waals surface area contributed by atoms with Crippen LogP contribution in [-0.2, 0) is 11.2 Å². The van der Waals surface area contributed by atoms with Gasteiger partial charge in [0, 0.05) is 11.6 Å². The van der Waals surface area contributed by atoms with E-state index in [4.69, 9.17) is 16.3 Å². The molecule has 0 saturated heterocycles. The van der Waals surface area contributed by atoms with Gasteiger partial charge >= 0.3 is 5.43 Å². The summed E-state index contributed by atoms with van der Waals surface area (Å²) in [7, 11) is 0. The van der Waals surface area contributed by atoms with Crippen molar-refractivity contribution in [1.29, 1.82) is 0 Å². The molecule has 0 aliphatic carbocycles. The van der Waals surface area contributed by atoms with Gasteiger partial charge in [0.15, 0.2) is 0 Å². The van der Waals surface area contributed by atoms with E-state index in [2.05, 4.69) is 54.6 Å². The number of fused-ring (bicyclic) bond motifs is 2. The molecule has 0 aliphatic heterocycles. The van der Waals surface area contributed by atoms with Crippen LogP contribution in [0.25, 0.3) is 21.5 Å². The molecular weight excluding hydrogens is 284 g/mol. The van der Waals surface area contributed by atoms with E-state index in [1.165, 1.54) is 27.1 Å². The predicted octanol–water partition coefficient (Wildman–Crippen LogP) is 5.30. The highest BCUT2D eigenvalue weighted by Gasteiger charge is 2.04. The Labute approximate surface area is 128 Å². The molecule has 0 aromatic heterocycles. The highest BCUT2D eigenvalue weighted by Crippen LogP contribution is 2.26. The summed E-state index contributed by atoms with van der Waals surface area (Å²) in [4.78, 5) is 10.6. The minimum Gasteiger partial charge on any atom is -0.454 e. The SMILES string of the molecule is O=C(Cl)OCCCc1cccc2cc3ccccc3cc12. The Balaban J connectivity index is 1.91. The third kappa shape index (κ3) is 3.17. The van der Waals surface area contributed by atoms with Crippen molar-refractivity contribution in [2.75, 3.05) is 6.61 Å². The molecule has 106 valence electrons. The van der Waals surface area contributed by atoms with Crippen LogP contribution in [0.5, 0.6) is 0 Å². The Morgan fingerprint density at radius 2 is 1.67 bits per heavy atom. The second kappa shape index (κ2) is 6.15. The van der Waals surface area contributed by atoms with Gasteiger partial charge in [-0.25, -0.2) is 4.79 Å². The van der Waals surface area contributed by atoms with E-state index >= 15 is 0 Å². The van der Waals surface area contributed by atoms with Gasteiger partial charge in [-0.05, 0) is 52.1 Å². The molecule has 3 aromatic rings. The van der Waals surface area contributed by atoms with E-state index < -0.39 is 5.43 Å². The van der Waals surface area contributed by atoms with E-state index in [-0.39, 0.29) is 0 Å². The second-order valence-corrected chi connectivity index (χ2v) is 5.34. The Kier molecular flexibility index (Phi) is 4.07. The standard InChI is InChI=1S/C18H15ClO2/c19-18(20)21-10-4-9-13-7-3-8-16-11-14-5-1-2-6-15(14)12-17(13)16/h1-3,5-8,11-12H,4,9-10H2. The van der Waals surface area contributed by atoms with Crippen molar-refractivity contribution in [2.45, 2.75) is 12.8 Å². The molecule has 0 amide bonds. The van der Waals surface area contributed by atoms with Gasteiger partial charge < -0.3 is 4.74 Å². The average molecular weight is 299 g/mol. The Morgan fingerprint density at radius 3 is 2.43 bits per heavy atom. The molecule has 3 heteroatoms. The summed E-state index contributed by atoms with van der Waals surface area (Å²) in [5, 5.41) is 4.98. The zero-order valence-electron chi connectivity index (χ0n) is 11.5. The first-order chi connectivity index (χ1) is 10.2. The maximum atomic E-state index is 10.6. The number of rotatable bonds is 4. The zero-order chi connectivity index (χ0) is 14.7. The van der Waals surface area contributed by atoms with Crippen LogP contribution in [0.3, 0.4) is 0 Å². The summed E-state index contributed by atoms with van der Waals surface area (Å²) in [5.41, 5.74) is 0.530. The monoisotopic (exact) mass is 298 g/mol. The van der Waals surface area contributed by atoms with Crippen molar-refractivity contribution in [3.8, 4) is 0 Å². The summed E-state index contributed by atoms with van der Waals surface area (Å²) in [6.07, 6.45) is 1.63. The molecule has 0 bridgehead atoms. The van der Waals surface area contributed by atoms with E-state index in [1.54, 1.807) is 0 Å². The van der Waals surface area contributed by atoms with Gasteiger partial charge in [0.25, 0.3) is 0 Å². The fraction of sp³-hybridized carbons (Fsp3) is 0.167. The van der Waals surface area contributed by atoms with Gasteiger partial charge in [-0.3, -0.25) is 0 Å². The number of carbonyl (C=O) groups excluding carboxylic acids is 1. The van der Waals surface area contributed by atoms with Gasteiger partial charge in [-0.1, -0.05) is 42.5 Å².